The standard InChI is InChI=1S/C19H23N3O3S2/c1-9(2)8-27-19-21-16-14(17(23)22-19)13(15-10(3)6-7-26-15)12(11(4)20-16)18(24)25-5/h6-7,9,13H,8H2,1-5H3,(H2,20,21,22,23)/t13-/m0/s1. The molecule has 0 aliphatic carbocycles. The van der Waals surface area contributed by atoms with Gasteiger partial charge in [-0.05, 0) is 36.8 Å². The number of thioether (sulfide) groups is 1. The maximum Gasteiger partial charge on any atom is 0.336 e. The second-order valence-corrected chi connectivity index (χ2v) is 8.85. The van der Waals surface area contributed by atoms with E-state index >= 15 is 0 Å². The van der Waals surface area contributed by atoms with Crippen molar-refractivity contribution in [2.45, 2.75) is 38.8 Å². The molecule has 6 nitrogen and oxygen atoms in total. The van der Waals surface area contributed by atoms with Crippen molar-refractivity contribution in [3.63, 3.8) is 0 Å². The zero-order chi connectivity index (χ0) is 19.7. The SMILES string of the molecule is COC(=O)C1=C(C)Nc2nc(SCC(C)C)[nH]c(=O)c2[C@H]1c1sccc1C. The van der Waals surface area contributed by atoms with E-state index < -0.39 is 11.9 Å². The van der Waals surface area contributed by atoms with Crippen molar-refractivity contribution in [3.05, 3.63) is 49.1 Å². The molecule has 0 spiro atoms. The van der Waals surface area contributed by atoms with Crippen molar-refractivity contribution >= 4 is 34.9 Å². The third-order valence-corrected chi connectivity index (χ3v) is 6.73. The van der Waals surface area contributed by atoms with Crippen molar-refractivity contribution < 1.29 is 9.53 Å². The lowest BCUT2D eigenvalue weighted by atomic mass is 9.85. The molecule has 0 saturated carbocycles. The number of nitrogens with one attached hydrogen (secondary N) is 2. The summed E-state index contributed by atoms with van der Waals surface area (Å²) >= 11 is 3.04. The summed E-state index contributed by atoms with van der Waals surface area (Å²) in [6.45, 7) is 8.03. The number of methoxy groups -OCH3 is 1. The minimum Gasteiger partial charge on any atom is -0.466 e. The summed E-state index contributed by atoms with van der Waals surface area (Å²) in [5, 5.41) is 5.69. The molecule has 0 amide bonds. The molecular weight excluding hydrogens is 382 g/mol. The van der Waals surface area contributed by atoms with Gasteiger partial charge in [0.25, 0.3) is 5.56 Å². The highest BCUT2D eigenvalue weighted by Gasteiger charge is 2.37. The summed E-state index contributed by atoms with van der Waals surface area (Å²) in [4.78, 5) is 34.0. The lowest BCUT2D eigenvalue weighted by Gasteiger charge is -2.28. The van der Waals surface area contributed by atoms with E-state index in [1.54, 1.807) is 0 Å². The summed E-state index contributed by atoms with van der Waals surface area (Å²) in [7, 11) is 1.35. The molecule has 144 valence electrons. The minimum atomic E-state index is -0.492. The number of rotatable bonds is 5. The largest absolute Gasteiger partial charge is 0.466 e. The molecule has 0 unspecified atom stereocenters. The Morgan fingerprint density at radius 2 is 2.15 bits per heavy atom. The van der Waals surface area contributed by atoms with E-state index in [0.29, 0.717) is 33.7 Å². The molecule has 0 saturated heterocycles. The number of thiophene rings is 1. The molecular formula is C19H23N3O3S2. The van der Waals surface area contributed by atoms with Crippen LogP contribution in [0.3, 0.4) is 0 Å². The molecule has 0 fully saturated rings. The molecule has 8 heteroatoms. The van der Waals surface area contributed by atoms with Gasteiger partial charge in [0.1, 0.15) is 5.82 Å². The van der Waals surface area contributed by atoms with Crippen LogP contribution in [0.5, 0.6) is 0 Å². The van der Waals surface area contributed by atoms with Gasteiger partial charge in [-0.1, -0.05) is 25.6 Å². The predicted octanol–water partition coefficient (Wildman–Crippen LogP) is 3.89. The summed E-state index contributed by atoms with van der Waals surface area (Å²) in [5.41, 5.74) is 2.37. The first-order chi connectivity index (χ1) is 12.8. The maximum absolute atomic E-state index is 13.0. The summed E-state index contributed by atoms with van der Waals surface area (Å²) in [6, 6.07) is 1.99. The molecule has 3 heterocycles. The number of hydrogen-bond donors (Lipinski definition) is 2. The van der Waals surface area contributed by atoms with Crippen molar-refractivity contribution in [1.82, 2.24) is 9.97 Å². The Hall–Kier alpha value is -2.06. The Labute approximate surface area is 166 Å². The molecule has 27 heavy (non-hydrogen) atoms. The van der Waals surface area contributed by atoms with Crippen LogP contribution in [-0.4, -0.2) is 28.8 Å². The van der Waals surface area contributed by atoms with E-state index in [4.69, 9.17) is 4.74 Å². The number of aromatic nitrogens is 2. The van der Waals surface area contributed by atoms with Gasteiger partial charge < -0.3 is 15.0 Å². The zero-order valence-corrected chi connectivity index (χ0v) is 17.6. The van der Waals surface area contributed by atoms with Crippen LogP contribution in [0.15, 0.2) is 32.7 Å². The molecule has 3 rings (SSSR count). The molecule has 2 aromatic heterocycles. The molecule has 1 atom stereocenters. The summed E-state index contributed by atoms with van der Waals surface area (Å²) in [5.74, 6) is 0.916. The van der Waals surface area contributed by atoms with Crippen LogP contribution in [0.1, 0.15) is 42.7 Å². The van der Waals surface area contributed by atoms with Gasteiger partial charge in [-0.2, -0.15) is 0 Å². The van der Waals surface area contributed by atoms with Crippen molar-refractivity contribution in [3.8, 4) is 0 Å². The molecule has 0 bridgehead atoms. The first kappa shape index (κ1) is 19.7. The first-order valence-electron chi connectivity index (χ1n) is 8.70. The Morgan fingerprint density at radius 3 is 2.74 bits per heavy atom. The van der Waals surface area contributed by atoms with Gasteiger partial charge in [0.05, 0.1) is 24.2 Å². The van der Waals surface area contributed by atoms with Crippen LogP contribution in [0.4, 0.5) is 5.82 Å². The number of aromatic amines is 1. The van der Waals surface area contributed by atoms with Crippen LogP contribution in [-0.2, 0) is 9.53 Å². The quantitative estimate of drug-likeness (QED) is 0.446. The van der Waals surface area contributed by atoms with Gasteiger partial charge in [0.2, 0.25) is 0 Å². The number of anilines is 1. The van der Waals surface area contributed by atoms with Gasteiger partial charge in [0, 0.05) is 16.3 Å². The van der Waals surface area contributed by atoms with E-state index in [1.807, 2.05) is 25.3 Å². The zero-order valence-electron chi connectivity index (χ0n) is 16.0. The summed E-state index contributed by atoms with van der Waals surface area (Å²) in [6.07, 6.45) is 0. The highest BCUT2D eigenvalue weighted by molar-refractivity contribution is 7.99. The molecule has 2 N–H and O–H groups in total. The lowest BCUT2D eigenvalue weighted by Crippen LogP contribution is -2.30. The third kappa shape index (κ3) is 3.82. The maximum atomic E-state index is 13.0. The number of ether oxygens (including phenoxy) is 1. The van der Waals surface area contributed by atoms with Gasteiger partial charge in [-0.3, -0.25) is 4.79 Å². The number of allylic oxidation sites excluding steroid dienone is 1. The summed E-state index contributed by atoms with van der Waals surface area (Å²) < 4.78 is 5.00. The van der Waals surface area contributed by atoms with Crippen molar-refractivity contribution in [1.29, 1.82) is 0 Å². The monoisotopic (exact) mass is 405 g/mol. The third-order valence-electron chi connectivity index (χ3n) is 4.34. The van der Waals surface area contributed by atoms with E-state index in [-0.39, 0.29) is 5.56 Å². The molecule has 0 radical (unpaired) electrons. The first-order valence-corrected chi connectivity index (χ1v) is 10.6. The van der Waals surface area contributed by atoms with E-state index in [0.717, 1.165) is 16.2 Å². The highest BCUT2D eigenvalue weighted by atomic mass is 32.2. The Bertz CT molecular complexity index is 959. The van der Waals surface area contributed by atoms with Gasteiger partial charge in [-0.25, -0.2) is 9.78 Å². The van der Waals surface area contributed by atoms with E-state index in [1.165, 1.54) is 30.2 Å². The van der Waals surface area contributed by atoms with Crippen LogP contribution >= 0.6 is 23.1 Å². The minimum absolute atomic E-state index is 0.231. The fraction of sp³-hybridized carbons (Fsp3) is 0.421. The number of nitrogens with zero attached hydrogens (tertiary/aromatic N) is 1. The van der Waals surface area contributed by atoms with Crippen LogP contribution in [0.2, 0.25) is 0 Å². The number of H-pyrrole nitrogens is 1. The van der Waals surface area contributed by atoms with Gasteiger partial charge in [-0.15, -0.1) is 11.3 Å². The number of fused-ring (bicyclic) bond motifs is 1. The average Bonchev–Trinajstić information content (AvgIpc) is 3.03. The number of esters is 1. The predicted molar refractivity (Wildman–Crippen MR) is 110 cm³/mol. The fourth-order valence-electron chi connectivity index (χ4n) is 3.07. The molecule has 1 aliphatic heterocycles. The highest BCUT2D eigenvalue weighted by Crippen LogP contribution is 2.43. The average molecular weight is 406 g/mol. The molecule has 1 aliphatic rings. The van der Waals surface area contributed by atoms with Gasteiger partial charge >= 0.3 is 5.97 Å². The van der Waals surface area contributed by atoms with Gasteiger partial charge in [0.15, 0.2) is 5.16 Å². The fourth-order valence-corrected chi connectivity index (χ4v) is 4.92. The lowest BCUT2D eigenvalue weighted by molar-refractivity contribution is -0.136. The molecule has 0 aromatic carbocycles. The van der Waals surface area contributed by atoms with E-state index in [9.17, 15) is 9.59 Å². The Morgan fingerprint density at radius 1 is 1.41 bits per heavy atom. The number of carbonyl (C=O) groups excluding carboxylic acids is 1. The number of carbonyl (C=O) groups is 1. The van der Waals surface area contributed by atoms with E-state index in [2.05, 4.69) is 29.1 Å². The Kier molecular flexibility index (Phi) is 5.76. The van der Waals surface area contributed by atoms with Crippen LogP contribution < -0.4 is 10.9 Å². The molecule has 2 aromatic rings. The normalized spacial score (nSPS) is 16.3. The van der Waals surface area contributed by atoms with Crippen molar-refractivity contribution in [2.24, 2.45) is 5.92 Å². The van der Waals surface area contributed by atoms with Crippen LogP contribution in [0.25, 0.3) is 0 Å². The topological polar surface area (TPSA) is 84.1 Å². The second kappa shape index (κ2) is 7.90. The van der Waals surface area contributed by atoms with Crippen LogP contribution in [0, 0.1) is 12.8 Å². The number of aryl methyl sites for hydroxylation is 1. The number of hydrogen-bond acceptors (Lipinski definition) is 7. The smallest absolute Gasteiger partial charge is 0.336 e. The van der Waals surface area contributed by atoms with Crippen molar-refractivity contribution in [2.75, 3.05) is 18.2 Å². The Balaban J connectivity index is 2.17. The second-order valence-electron chi connectivity index (χ2n) is 6.89.